The standard InChI is InChI=1S/C13H13N5O/c1-7-15-12(18-13(14)16-7)9-2-4-10-8(6-9)3-5-11(19)17-10/h2,4,6H,3,5H2,1H3,(H,17,19)(H2,14,15,16,18). The normalized spacial score (nSPS) is 13.8. The molecule has 0 bridgehead atoms. The van der Waals surface area contributed by atoms with Crippen LogP contribution in [-0.2, 0) is 11.2 Å². The molecule has 3 rings (SSSR count). The van der Waals surface area contributed by atoms with Crippen molar-refractivity contribution in [3.63, 3.8) is 0 Å². The smallest absolute Gasteiger partial charge is 0.224 e. The summed E-state index contributed by atoms with van der Waals surface area (Å²) in [7, 11) is 0. The van der Waals surface area contributed by atoms with Crippen LogP contribution < -0.4 is 11.1 Å². The molecule has 0 atom stereocenters. The highest BCUT2D eigenvalue weighted by Crippen LogP contribution is 2.27. The van der Waals surface area contributed by atoms with Gasteiger partial charge in [0.2, 0.25) is 11.9 Å². The van der Waals surface area contributed by atoms with Crippen molar-refractivity contribution in [2.75, 3.05) is 11.1 Å². The lowest BCUT2D eigenvalue weighted by molar-refractivity contribution is -0.116. The van der Waals surface area contributed by atoms with Gasteiger partial charge in [0.1, 0.15) is 5.82 Å². The first-order valence-electron chi connectivity index (χ1n) is 6.03. The molecular formula is C13H13N5O. The minimum absolute atomic E-state index is 0.0560. The van der Waals surface area contributed by atoms with Crippen molar-refractivity contribution in [2.24, 2.45) is 0 Å². The number of amides is 1. The molecule has 0 saturated carbocycles. The molecule has 0 radical (unpaired) electrons. The van der Waals surface area contributed by atoms with Gasteiger partial charge in [0, 0.05) is 17.7 Å². The van der Waals surface area contributed by atoms with Gasteiger partial charge in [-0.25, -0.2) is 4.98 Å². The number of anilines is 2. The summed E-state index contributed by atoms with van der Waals surface area (Å²) in [6.45, 7) is 1.78. The number of aryl methyl sites for hydroxylation is 2. The zero-order valence-corrected chi connectivity index (χ0v) is 10.5. The van der Waals surface area contributed by atoms with Gasteiger partial charge in [-0.2, -0.15) is 9.97 Å². The molecule has 1 aromatic heterocycles. The average molecular weight is 255 g/mol. The number of nitrogens with two attached hydrogens (primary N) is 1. The second kappa shape index (κ2) is 4.31. The van der Waals surface area contributed by atoms with Crippen LogP contribution in [0.1, 0.15) is 17.8 Å². The number of carbonyl (C=O) groups excluding carboxylic acids is 1. The lowest BCUT2D eigenvalue weighted by Gasteiger charge is -2.17. The fourth-order valence-corrected chi connectivity index (χ4v) is 2.15. The van der Waals surface area contributed by atoms with Gasteiger partial charge in [-0.05, 0) is 37.1 Å². The molecule has 6 heteroatoms. The third-order valence-corrected chi connectivity index (χ3v) is 3.02. The van der Waals surface area contributed by atoms with E-state index in [-0.39, 0.29) is 11.9 Å². The maximum Gasteiger partial charge on any atom is 0.224 e. The third kappa shape index (κ3) is 2.24. The molecule has 0 spiro atoms. The Morgan fingerprint density at radius 2 is 2.05 bits per heavy atom. The molecule has 0 fully saturated rings. The van der Waals surface area contributed by atoms with Gasteiger partial charge >= 0.3 is 0 Å². The summed E-state index contributed by atoms with van der Waals surface area (Å²) in [5, 5.41) is 2.84. The molecule has 0 saturated heterocycles. The van der Waals surface area contributed by atoms with Crippen molar-refractivity contribution in [2.45, 2.75) is 19.8 Å². The van der Waals surface area contributed by atoms with Crippen molar-refractivity contribution < 1.29 is 4.79 Å². The largest absolute Gasteiger partial charge is 0.368 e. The summed E-state index contributed by atoms with van der Waals surface area (Å²) in [5.74, 6) is 1.42. The van der Waals surface area contributed by atoms with Crippen LogP contribution in [0.4, 0.5) is 11.6 Å². The van der Waals surface area contributed by atoms with E-state index in [1.807, 2.05) is 18.2 Å². The number of aromatic nitrogens is 3. The summed E-state index contributed by atoms with van der Waals surface area (Å²) < 4.78 is 0. The molecule has 1 aromatic carbocycles. The Morgan fingerprint density at radius 3 is 2.84 bits per heavy atom. The SMILES string of the molecule is Cc1nc(N)nc(-c2ccc3c(c2)CCC(=O)N3)n1. The van der Waals surface area contributed by atoms with Crippen molar-refractivity contribution in [3.8, 4) is 11.4 Å². The van der Waals surface area contributed by atoms with Crippen molar-refractivity contribution >= 4 is 17.5 Å². The highest BCUT2D eigenvalue weighted by Gasteiger charge is 2.16. The van der Waals surface area contributed by atoms with E-state index in [4.69, 9.17) is 5.73 Å². The molecule has 0 unspecified atom stereocenters. The lowest BCUT2D eigenvalue weighted by Crippen LogP contribution is -2.18. The Hall–Kier alpha value is -2.50. The topological polar surface area (TPSA) is 93.8 Å². The van der Waals surface area contributed by atoms with Crippen LogP contribution in [0.5, 0.6) is 0 Å². The van der Waals surface area contributed by atoms with Gasteiger partial charge in [-0.15, -0.1) is 0 Å². The molecule has 1 aliphatic rings. The van der Waals surface area contributed by atoms with Gasteiger partial charge in [0.05, 0.1) is 0 Å². The second-order valence-corrected chi connectivity index (χ2v) is 4.48. The summed E-state index contributed by atoms with van der Waals surface area (Å²) in [5.41, 5.74) is 8.47. The zero-order chi connectivity index (χ0) is 13.4. The number of nitrogen functional groups attached to an aromatic ring is 1. The van der Waals surface area contributed by atoms with Gasteiger partial charge in [-0.1, -0.05) is 0 Å². The van der Waals surface area contributed by atoms with Crippen LogP contribution in [0, 0.1) is 6.92 Å². The molecule has 2 aromatic rings. The monoisotopic (exact) mass is 255 g/mol. The first-order valence-corrected chi connectivity index (χ1v) is 6.03. The number of nitrogens with one attached hydrogen (secondary N) is 1. The molecule has 1 amide bonds. The van der Waals surface area contributed by atoms with Gasteiger partial charge in [-0.3, -0.25) is 4.79 Å². The number of hydrogen-bond donors (Lipinski definition) is 2. The minimum Gasteiger partial charge on any atom is -0.368 e. The molecule has 2 heterocycles. The lowest BCUT2D eigenvalue weighted by atomic mass is 10.00. The zero-order valence-electron chi connectivity index (χ0n) is 10.5. The second-order valence-electron chi connectivity index (χ2n) is 4.48. The first-order chi connectivity index (χ1) is 9.11. The Morgan fingerprint density at radius 1 is 1.21 bits per heavy atom. The maximum atomic E-state index is 11.3. The summed E-state index contributed by atoms with van der Waals surface area (Å²) in [6.07, 6.45) is 1.24. The maximum absolute atomic E-state index is 11.3. The average Bonchev–Trinajstić information content (AvgIpc) is 2.37. The molecule has 3 N–H and O–H groups in total. The van der Waals surface area contributed by atoms with E-state index in [2.05, 4.69) is 20.3 Å². The van der Waals surface area contributed by atoms with Crippen LogP contribution in [0.15, 0.2) is 18.2 Å². The number of fused-ring (bicyclic) bond motifs is 1. The number of rotatable bonds is 1. The number of carbonyl (C=O) groups is 1. The van der Waals surface area contributed by atoms with E-state index >= 15 is 0 Å². The van der Waals surface area contributed by atoms with Crippen molar-refractivity contribution in [3.05, 3.63) is 29.6 Å². The van der Waals surface area contributed by atoms with Crippen LogP contribution in [0.2, 0.25) is 0 Å². The summed E-state index contributed by atoms with van der Waals surface area (Å²) >= 11 is 0. The summed E-state index contributed by atoms with van der Waals surface area (Å²) in [4.78, 5) is 23.7. The molecule has 19 heavy (non-hydrogen) atoms. The Balaban J connectivity index is 2.04. The van der Waals surface area contributed by atoms with E-state index in [0.29, 0.717) is 18.1 Å². The number of benzene rings is 1. The van der Waals surface area contributed by atoms with Gasteiger partial charge in [0.15, 0.2) is 5.82 Å². The Kier molecular flexibility index (Phi) is 2.63. The fourth-order valence-electron chi connectivity index (χ4n) is 2.15. The first kappa shape index (κ1) is 11.6. The van der Waals surface area contributed by atoms with Gasteiger partial charge < -0.3 is 11.1 Å². The third-order valence-electron chi connectivity index (χ3n) is 3.02. The minimum atomic E-state index is 0.0560. The van der Waals surface area contributed by atoms with Gasteiger partial charge in [0.25, 0.3) is 0 Å². The Labute approximate surface area is 110 Å². The summed E-state index contributed by atoms with van der Waals surface area (Å²) in [6, 6.07) is 5.73. The van der Waals surface area contributed by atoms with E-state index in [1.165, 1.54) is 0 Å². The molecular weight excluding hydrogens is 242 g/mol. The van der Waals surface area contributed by atoms with E-state index in [1.54, 1.807) is 6.92 Å². The van der Waals surface area contributed by atoms with Crippen LogP contribution in [-0.4, -0.2) is 20.9 Å². The van der Waals surface area contributed by atoms with E-state index in [9.17, 15) is 4.79 Å². The Bertz CT molecular complexity index is 648. The highest BCUT2D eigenvalue weighted by molar-refractivity contribution is 5.94. The van der Waals surface area contributed by atoms with Crippen molar-refractivity contribution in [1.82, 2.24) is 15.0 Å². The molecule has 1 aliphatic heterocycles. The quantitative estimate of drug-likeness (QED) is 0.801. The van der Waals surface area contributed by atoms with Crippen LogP contribution >= 0.6 is 0 Å². The van der Waals surface area contributed by atoms with Crippen LogP contribution in [0.3, 0.4) is 0 Å². The van der Waals surface area contributed by atoms with E-state index in [0.717, 1.165) is 23.2 Å². The predicted octanol–water partition coefficient (Wildman–Crippen LogP) is 1.31. The highest BCUT2D eigenvalue weighted by atomic mass is 16.1. The van der Waals surface area contributed by atoms with E-state index < -0.39 is 0 Å². The molecule has 6 nitrogen and oxygen atoms in total. The van der Waals surface area contributed by atoms with Crippen molar-refractivity contribution in [1.29, 1.82) is 0 Å². The fraction of sp³-hybridized carbons (Fsp3) is 0.231. The predicted molar refractivity (Wildman–Crippen MR) is 71.4 cm³/mol. The number of hydrogen-bond acceptors (Lipinski definition) is 5. The molecule has 96 valence electrons. The van der Waals surface area contributed by atoms with Crippen LogP contribution in [0.25, 0.3) is 11.4 Å². The number of nitrogens with zero attached hydrogens (tertiary/aromatic N) is 3. The molecule has 0 aliphatic carbocycles.